The van der Waals surface area contributed by atoms with Gasteiger partial charge in [0.2, 0.25) is 11.8 Å². The molecule has 2 aromatic rings. The molecule has 0 spiro atoms. The van der Waals surface area contributed by atoms with E-state index in [-0.39, 0.29) is 17.9 Å². The minimum atomic E-state index is -0.450. The van der Waals surface area contributed by atoms with Crippen LogP contribution in [0.15, 0.2) is 54.6 Å². The third kappa shape index (κ3) is 5.93. The van der Waals surface area contributed by atoms with Gasteiger partial charge in [-0.25, -0.2) is 0 Å². The van der Waals surface area contributed by atoms with Crippen LogP contribution in [-0.4, -0.2) is 28.8 Å². The zero-order valence-corrected chi connectivity index (χ0v) is 17.6. The summed E-state index contributed by atoms with van der Waals surface area (Å²) in [4.78, 5) is 28.1. The van der Waals surface area contributed by atoms with E-state index >= 15 is 0 Å². The van der Waals surface area contributed by atoms with Crippen LogP contribution in [-0.2, 0) is 22.6 Å². The molecule has 4 nitrogen and oxygen atoms in total. The maximum Gasteiger partial charge on any atom is 0.243 e. The lowest BCUT2D eigenvalue weighted by Crippen LogP contribution is -2.51. The predicted octanol–water partition coefficient (Wildman–Crippen LogP) is 4.40. The number of nitrogens with zero attached hydrogens (tertiary/aromatic N) is 1. The maximum atomic E-state index is 13.3. The van der Waals surface area contributed by atoms with Gasteiger partial charge in [0.25, 0.3) is 0 Å². The van der Waals surface area contributed by atoms with Gasteiger partial charge in [-0.05, 0) is 37.3 Å². The van der Waals surface area contributed by atoms with Crippen molar-refractivity contribution in [1.29, 1.82) is 0 Å². The highest BCUT2D eigenvalue weighted by molar-refractivity contribution is 5.88. The van der Waals surface area contributed by atoms with Crippen LogP contribution in [0.25, 0.3) is 0 Å². The number of rotatable bonds is 8. The number of hydrogen-bond donors (Lipinski definition) is 1. The van der Waals surface area contributed by atoms with E-state index in [1.54, 1.807) is 4.90 Å². The van der Waals surface area contributed by atoms with Crippen molar-refractivity contribution >= 4 is 11.8 Å². The normalized spacial score (nSPS) is 15.1. The minimum Gasteiger partial charge on any atom is -0.352 e. The molecule has 4 heteroatoms. The molecule has 1 fully saturated rings. The molecule has 2 aromatic carbocycles. The zero-order chi connectivity index (χ0) is 20.6. The van der Waals surface area contributed by atoms with Crippen molar-refractivity contribution in [2.75, 3.05) is 0 Å². The summed E-state index contributed by atoms with van der Waals surface area (Å²) in [5, 5.41) is 3.19. The molecule has 1 aliphatic rings. The highest BCUT2D eigenvalue weighted by Crippen LogP contribution is 2.20. The van der Waals surface area contributed by atoms with Crippen LogP contribution in [0.4, 0.5) is 0 Å². The maximum absolute atomic E-state index is 13.3. The molecule has 29 heavy (non-hydrogen) atoms. The molecule has 0 aliphatic heterocycles. The second-order valence-corrected chi connectivity index (χ2v) is 8.08. The Balaban J connectivity index is 1.78. The van der Waals surface area contributed by atoms with E-state index in [1.165, 1.54) is 18.4 Å². The monoisotopic (exact) mass is 392 g/mol. The van der Waals surface area contributed by atoms with Gasteiger partial charge in [-0.15, -0.1) is 0 Å². The quantitative estimate of drug-likeness (QED) is 0.724. The Morgan fingerprint density at radius 2 is 1.66 bits per heavy atom. The molecular formula is C25H32N2O2. The number of nitrogens with one attached hydrogen (secondary N) is 1. The minimum absolute atomic E-state index is 0.00821. The van der Waals surface area contributed by atoms with E-state index in [1.807, 2.05) is 68.4 Å². The summed E-state index contributed by atoms with van der Waals surface area (Å²) in [7, 11) is 0. The number of hydrogen-bond acceptors (Lipinski definition) is 2. The molecule has 0 radical (unpaired) electrons. The van der Waals surface area contributed by atoms with E-state index in [2.05, 4.69) is 5.32 Å². The van der Waals surface area contributed by atoms with Crippen LogP contribution in [0, 0.1) is 6.92 Å². The molecule has 0 bridgehead atoms. The Bertz CT molecular complexity index is 795. The van der Waals surface area contributed by atoms with Crippen LogP contribution in [0.3, 0.4) is 0 Å². The largest absolute Gasteiger partial charge is 0.352 e. The predicted molar refractivity (Wildman–Crippen MR) is 116 cm³/mol. The van der Waals surface area contributed by atoms with Gasteiger partial charge in [-0.2, -0.15) is 0 Å². The fourth-order valence-electron chi connectivity index (χ4n) is 4.05. The Hall–Kier alpha value is -2.62. The lowest BCUT2D eigenvalue weighted by atomic mass is 10.1. The topological polar surface area (TPSA) is 49.4 Å². The molecule has 154 valence electrons. The second kappa shape index (κ2) is 10.2. The van der Waals surface area contributed by atoms with Crippen molar-refractivity contribution in [2.24, 2.45) is 0 Å². The van der Waals surface area contributed by atoms with Gasteiger partial charge >= 0.3 is 0 Å². The number of carbonyl (C=O) groups excluding carboxylic acids is 2. The average Bonchev–Trinajstić information content (AvgIpc) is 3.23. The molecule has 2 amide bonds. The van der Waals surface area contributed by atoms with Crippen molar-refractivity contribution in [3.05, 3.63) is 71.3 Å². The summed E-state index contributed by atoms with van der Waals surface area (Å²) >= 11 is 0. The SMILES string of the molecule is CC[C@@H](C(=O)NC1CCCC1)N(Cc1ccccc1)C(=O)Cc1ccc(C)cc1. The fourth-order valence-corrected chi connectivity index (χ4v) is 4.05. The molecule has 3 rings (SSSR count). The van der Waals surface area contributed by atoms with Crippen LogP contribution in [0.1, 0.15) is 55.7 Å². The van der Waals surface area contributed by atoms with Gasteiger partial charge in [-0.1, -0.05) is 79.9 Å². The highest BCUT2D eigenvalue weighted by Gasteiger charge is 2.30. The number of aryl methyl sites for hydroxylation is 1. The van der Waals surface area contributed by atoms with Crippen molar-refractivity contribution in [3.63, 3.8) is 0 Å². The van der Waals surface area contributed by atoms with Crippen molar-refractivity contribution in [1.82, 2.24) is 10.2 Å². The lowest BCUT2D eigenvalue weighted by molar-refractivity contribution is -0.141. The van der Waals surface area contributed by atoms with Gasteiger partial charge in [0.05, 0.1) is 6.42 Å². The highest BCUT2D eigenvalue weighted by atomic mass is 16.2. The Morgan fingerprint density at radius 3 is 2.28 bits per heavy atom. The Morgan fingerprint density at radius 1 is 1.00 bits per heavy atom. The van der Waals surface area contributed by atoms with Crippen LogP contribution in [0.5, 0.6) is 0 Å². The van der Waals surface area contributed by atoms with E-state index < -0.39 is 6.04 Å². The third-order valence-corrected chi connectivity index (χ3v) is 5.76. The summed E-state index contributed by atoms with van der Waals surface area (Å²) in [6, 6.07) is 17.8. The molecule has 0 aromatic heterocycles. The second-order valence-electron chi connectivity index (χ2n) is 8.08. The summed E-state index contributed by atoms with van der Waals surface area (Å²) in [6.07, 6.45) is 5.32. The lowest BCUT2D eigenvalue weighted by Gasteiger charge is -2.31. The fraction of sp³-hybridized carbons (Fsp3) is 0.440. The van der Waals surface area contributed by atoms with Crippen molar-refractivity contribution < 1.29 is 9.59 Å². The molecule has 1 aliphatic carbocycles. The molecule has 0 saturated heterocycles. The number of carbonyl (C=O) groups is 2. The van der Waals surface area contributed by atoms with Crippen molar-refractivity contribution in [2.45, 2.75) is 71.0 Å². The molecule has 1 saturated carbocycles. The van der Waals surface area contributed by atoms with Gasteiger partial charge in [0.1, 0.15) is 6.04 Å². The standard InChI is InChI=1S/C25H32N2O2/c1-3-23(25(29)26-22-11-7-8-12-22)27(18-21-9-5-4-6-10-21)24(28)17-20-15-13-19(2)14-16-20/h4-6,9-10,13-16,22-23H,3,7-8,11-12,17-18H2,1-2H3,(H,26,29)/t23-/m0/s1. The van der Waals surface area contributed by atoms with Gasteiger partial charge < -0.3 is 10.2 Å². The van der Waals surface area contributed by atoms with Gasteiger partial charge in [0, 0.05) is 12.6 Å². The average molecular weight is 393 g/mol. The number of benzene rings is 2. The molecule has 1 N–H and O–H groups in total. The first-order valence-electron chi connectivity index (χ1n) is 10.8. The van der Waals surface area contributed by atoms with E-state index in [9.17, 15) is 9.59 Å². The van der Waals surface area contributed by atoms with Gasteiger partial charge in [-0.3, -0.25) is 9.59 Å². The van der Waals surface area contributed by atoms with Crippen LogP contribution < -0.4 is 5.32 Å². The van der Waals surface area contributed by atoms with Gasteiger partial charge in [0.15, 0.2) is 0 Å². The third-order valence-electron chi connectivity index (χ3n) is 5.76. The van der Waals surface area contributed by atoms with E-state index in [0.29, 0.717) is 19.4 Å². The molecule has 0 heterocycles. The molecule has 0 unspecified atom stereocenters. The summed E-state index contributed by atoms with van der Waals surface area (Å²) in [5.74, 6) is -0.0290. The summed E-state index contributed by atoms with van der Waals surface area (Å²) < 4.78 is 0. The first kappa shape index (κ1) is 21.1. The van der Waals surface area contributed by atoms with E-state index in [4.69, 9.17) is 0 Å². The van der Waals surface area contributed by atoms with Crippen LogP contribution >= 0.6 is 0 Å². The zero-order valence-electron chi connectivity index (χ0n) is 17.6. The Labute approximate surface area is 174 Å². The first-order chi connectivity index (χ1) is 14.1. The molecular weight excluding hydrogens is 360 g/mol. The summed E-state index contributed by atoms with van der Waals surface area (Å²) in [5.41, 5.74) is 3.19. The first-order valence-corrected chi connectivity index (χ1v) is 10.8. The van der Waals surface area contributed by atoms with Crippen LogP contribution in [0.2, 0.25) is 0 Å². The smallest absolute Gasteiger partial charge is 0.243 e. The number of amides is 2. The Kier molecular flexibility index (Phi) is 7.45. The summed E-state index contributed by atoms with van der Waals surface area (Å²) in [6.45, 7) is 4.46. The molecule has 1 atom stereocenters. The van der Waals surface area contributed by atoms with E-state index in [0.717, 1.165) is 24.0 Å². The van der Waals surface area contributed by atoms with Crippen molar-refractivity contribution in [3.8, 4) is 0 Å².